The molecular weight excluding hydrogens is 413 g/mol. The molecule has 0 atom stereocenters. The second-order valence-electron chi connectivity index (χ2n) is 6.34. The van der Waals surface area contributed by atoms with Crippen molar-refractivity contribution < 1.29 is 9.53 Å². The van der Waals surface area contributed by atoms with E-state index in [1.54, 1.807) is 0 Å². The molecule has 0 saturated carbocycles. The van der Waals surface area contributed by atoms with Crippen molar-refractivity contribution >= 4 is 34.6 Å². The van der Waals surface area contributed by atoms with Gasteiger partial charge in [-0.15, -0.1) is 0 Å². The molecule has 3 nitrogen and oxygen atoms in total. The number of carbonyl (C=O) groups excluding carboxylic acids is 1. The fourth-order valence-electron chi connectivity index (χ4n) is 2.68. The van der Waals surface area contributed by atoms with Gasteiger partial charge in [0.1, 0.15) is 11.4 Å². The third kappa shape index (κ3) is 3.64. The van der Waals surface area contributed by atoms with Gasteiger partial charge in [0, 0.05) is 22.1 Å². The Balaban J connectivity index is 1.78. The fourth-order valence-corrected chi connectivity index (χ4v) is 3.82. The Labute approximate surface area is 156 Å². The molecule has 24 heavy (non-hydrogen) atoms. The highest BCUT2D eigenvalue weighted by Crippen LogP contribution is 2.36. The molecule has 1 amide bonds. The third-order valence-electron chi connectivity index (χ3n) is 4.18. The number of nitrogens with one attached hydrogen (secondary N) is 1. The summed E-state index contributed by atoms with van der Waals surface area (Å²) in [5.41, 5.74) is 3.62. The molecule has 3 rings (SSSR count). The standard InChI is InChI=1S/C20H20INO2/c1-20(2)17(12-21)11-16-10-15(8-9-18(16)24-20)19(23)22-13-14-6-4-3-5-7-14/h3-11H,12-13H2,1-2H3,(H,22,23). The van der Waals surface area contributed by atoms with E-state index in [1.807, 2.05) is 48.5 Å². The zero-order chi connectivity index (χ0) is 17.2. The van der Waals surface area contributed by atoms with Crippen LogP contribution < -0.4 is 10.1 Å². The van der Waals surface area contributed by atoms with Crippen molar-refractivity contribution in [2.75, 3.05) is 4.43 Å². The predicted molar refractivity (Wildman–Crippen MR) is 106 cm³/mol. The van der Waals surface area contributed by atoms with E-state index in [2.05, 4.69) is 47.8 Å². The van der Waals surface area contributed by atoms with E-state index in [4.69, 9.17) is 4.74 Å². The van der Waals surface area contributed by atoms with Crippen LogP contribution in [0.1, 0.15) is 35.3 Å². The molecular formula is C20H20INO2. The number of rotatable bonds is 4. The molecule has 124 valence electrons. The SMILES string of the molecule is CC1(C)Oc2ccc(C(=O)NCc3ccccc3)cc2C=C1CI. The van der Waals surface area contributed by atoms with Gasteiger partial charge < -0.3 is 10.1 Å². The molecule has 0 spiro atoms. The first kappa shape index (κ1) is 17.0. The van der Waals surface area contributed by atoms with Crippen LogP contribution in [0, 0.1) is 0 Å². The van der Waals surface area contributed by atoms with E-state index >= 15 is 0 Å². The maximum atomic E-state index is 12.4. The largest absolute Gasteiger partial charge is 0.483 e. The molecule has 1 aliphatic rings. The summed E-state index contributed by atoms with van der Waals surface area (Å²) in [4.78, 5) is 12.4. The van der Waals surface area contributed by atoms with Gasteiger partial charge in [-0.3, -0.25) is 4.79 Å². The van der Waals surface area contributed by atoms with Crippen LogP contribution in [-0.2, 0) is 6.54 Å². The minimum atomic E-state index is -0.300. The zero-order valence-electron chi connectivity index (χ0n) is 13.8. The van der Waals surface area contributed by atoms with Crippen LogP contribution in [0.4, 0.5) is 0 Å². The van der Waals surface area contributed by atoms with Crippen molar-refractivity contribution in [1.29, 1.82) is 0 Å². The summed E-state index contributed by atoms with van der Waals surface area (Å²) in [7, 11) is 0. The molecule has 0 radical (unpaired) electrons. The third-order valence-corrected chi connectivity index (χ3v) is 5.00. The highest BCUT2D eigenvalue weighted by molar-refractivity contribution is 14.1. The van der Waals surface area contributed by atoms with Gasteiger partial charge in [0.15, 0.2) is 0 Å². The van der Waals surface area contributed by atoms with Gasteiger partial charge in [-0.25, -0.2) is 0 Å². The highest BCUT2D eigenvalue weighted by atomic mass is 127. The summed E-state index contributed by atoms with van der Waals surface area (Å²) in [6, 6.07) is 15.5. The molecule has 1 heterocycles. The maximum absolute atomic E-state index is 12.4. The Morgan fingerprint density at radius 2 is 1.92 bits per heavy atom. The lowest BCUT2D eigenvalue weighted by Gasteiger charge is -2.33. The van der Waals surface area contributed by atoms with Gasteiger partial charge in [0.25, 0.3) is 5.91 Å². The summed E-state index contributed by atoms with van der Waals surface area (Å²) < 4.78 is 6.98. The van der Waals surface area contributed by atoms with Crippen molar-refractivity contribution in [1.82, 2.24) is 5.32 Å². The van der Waals surface area contributed by atoms with E-state index < -0.39 is 0 Å². The van der Waals surface area contributed by atoms with Crippen LogP contribution in [-0.4, -0.2) is 15.9 Å². The smallest absolute Gasteiger partial charge is 0.251 e. The Kier molecular flexibility index (Phi) is 4.94. The lowest BCUT2D eigenvalue weighted by Crippen LogP contribution is -2.34. The van der Waals surface area contributed by atoms with Gasteiger partial charge in [-0.2, -0.15) is 0 Å². The second kappa shape index (κ2) is 6.97. The van der Waals surface area contributed by atoms with E-state index in [9.17, 15) is 4.79 Å². The molecule has 1 N–H and O–H groups in total. The number of ether oxygens (including phenoxy) is 1. The molecule has 1 aliphatic heterocycles. The Morgan fingerprint density at radius 1 is 1.17 bits per heavy atom. The fraction of sp³-hybridized carbons (Fsp3) is 0.250. The Morgan fingerprint density at radius 3 is 2.62 bits per heavy atom. The maximum Gasteiger partial charge on any atom is 0.251 e. The van der Waals surface area contributed by atoms with Crippen LogP contribution in [0.15, 0.2) is 54.1 Å². The van der Waals surface area contributed by atoms with Gasteiger partial charge in [0.05, 0.1) is 0 Å². The van der Waals surface area contributed by atoms with Crippen molar-refractivity contribution in [3.05, 3.63) is 70.8 Å². The zero-order valence-corrected chi connectivity index (χ0v) is 16.0. The number of halogens is 1. The van der Waals surface area contributed by atoms with Crippen LogP contribution in [0.25, 0.3) is 6.08 Å². The molecule has 2 aromatic carbocycles. The molecule has 0 aliphatic carbocycles. The van der Waals surface area contributed by atoms with Crippen molar-refractivity contribution in [2.24, 2.45) is 0 Å². The summed E-state index contributed by atoms with van der Waals surface area (Å²) >= 11 is 2.35. The summed E-state index contributed by atoms with van der Waals surface area (Å²) in [6.45, 7) is 4.66. The van der Waals surface area contributed by atoms with Gasteiger partial charge in [0.2, 0.25) is 0 Å². The molecule has 4 heteroatoms. The Hall–Kier alpha value is -1.82. The quantitative estimate of drug-likeness (QED) is 0.565. The average Bonchev–Trinajstić information content (AvgIpc) is 2.59. The van der Waals surface area contributed by atoms with Crippen LogP contribution in [0.2, 0.25) is 0 Å². The molecule has 0 fully saturated rings. The number of carbonyl (C=O) groups is 1. The first-order valence-corrected chi connectivity index (χ1v) is 9.44. The monoisotopic (exact) mass is 433 g/mol. The van der Waals surface area contributed by atoms with Crippen molar-refractivity contribution in [2.45, 2.75) is 26.0 Å². The number of hydrogen-bond acceptors (Lipinski definition) is 2. The van der Waals surface area contributed by atoms with Gasteiger partial charge in [-0.05, 0) is 49.3 Å². The number of alkyl halides is 1. The van der Waals surface area contributed by atoms with Crippen molar-refractivity contribution in [3.8, 4) is 5.75 Å². The molecule has 0 bridgehead atoms. The first-order valence-electron chi connectivity index (χ1n) is 7.92. The molecule has 0 saturated heterocycles. The minimum Gasteiger partial charge on any atom is -0.483 e. The van der Waals surface area contributed by atoms with E-state index in [1.165, 1.54) is 5.57 Å². The number of amides is 1. The number of hydrogen-bond donors (Lipinski definition) is 1. The minimum absolute atomic E-state index is 0.0732. The molecule has 0 unspecified atom stereocenters. The number of benzene rings is 2. The van der Waals surface area contributed by atoms with E-state index in [0.717, 1.165) is 21.3 Å². The van der Waals surface area contributed by atoms with Crippen LogP contribution in [0.5, 0.6) is 5.75 Å². The predicted octanol–water partition coefficient (Wildman–Crippen LogP) is 4.61. The molecule has 2 aromatic rings. The summed E-state index contributed by atoms with van der Waals surface area (Å²) in [5.74, 6) is 0.754. The number of fused-ring (bicyclic) bond motifs is 1. The highest BCUT2D eigenvalue weighted by Gasteiger charge is 2.29. The van der Waals surface area contributed by atoms with Crippen molar-refractivity contribution in [3.63, 3.8) is 0 Å². The summed E-state index contributed by atoms with van der Waals surface area (Å²) in [5, 5.41) is 2.96. The van der Waals surface area contributed by atoms with Crippen LogP contribution in [0.3, 0.4) is 0 Å². The Bertz CT molecular complexity index is 781. The first-order chi connectivity index (χ1) is 11.5. The normalized spacial score (nSPS) is 15.0. The van der Waals surface area contributed by atoms with Crippen LogP contribution >= 0.6 is 22.6 Å². The lowest BCUT2D eigenvalue weighted by atomic mass is 9.93. The topological polar surface area (TPSA) is 38.3 Å². The van der Waals surface area contributed by atoms with E-state index in [0.29, 0.717) is 12.1 Å². The summed E-state index contributed by atoms with van der Waals surface area (Å²) in [6.07, 6.45) is 2.14. The van der Waals surface area contributed by atoms with E-state index in [-0.39, 0.29) is 11.5 Å². The average molecular weight is 433 g/mol. The van der Waals surface area contributed by atoms with Gasteiger partial charge in [-0.1, -0.05) is 52.9 Å². The second-order valence-corrected chi connectivity index (χ2v) is 7.10. The van der Waals surface area contributed by atoms with Gasteiger partial charge >= 0.3 is 0 Å². The lowest BCUT2D eigenvalue weighted by molar-refractivity contribution is 0.0950. The molecule has 0 aromatic heterocycles.